The molecule has 44 heavy (non-hydrogen) atoms. The van der Waals surface area contributed by atoms with Crippen LogP contribution in [0.3, 0.4) is 0 Å². The van der Waals surface area contributed by atoms with E-state index < -0.39 is 24.1 Å². The van der Waals surface area contributed by atoms with E-state index in [0.29, 0.717) is 34.1 Å². The van der Waals surface area contributed by atoms with E-state index >= 15 is 0 Å². The summed E-state index contributed by atoms with van der Waals surface area (Å²) in [5.41, 5.74) is 1.58. The number of hydrogen-bond acceptors (Lipinski definition) is 7. The lowest BCUT2D eigenvalue weighted by molar-refractivity contribution is -0.274. The summed E-state index contributed by atoms with van der Waals surface area (Å²) < 4.78 is 60.2. The lowest BCUT2D eigenvalue weighted by atomic mass is 9.99. The van der Waals surface area contributed by atoms with Crippen molar-refractivity contribution in [2.75, 3.05) is 12.4 Å². The number of esters is 1. The summed E-state index contributed by atoms with van der Waals surface area (Å²) in [6, 6.07) is 7.64. The molecule has 1 N–H and O–H groups in total. The van der Waals surface area contributed by atoms with Crippen molar-refractivity contribution in [1.29, 1.82) is 0 Å². The summed E-state index contributed by atoms with van der Waals surface area (Å²) in [4.78, 5) is 26.9. The number of hydrogen-bond donors (Lipinski definition) is 1. The summed E-state index contributed by atoms with van der Waals surface area (Å²) in [5.74, 6) is -0.516. The van der Waals surface area contributed by atoms with E-state index in [1.54, 1.807) is 23.1 Å². The summed E-state index contributed by atoms with van der Waals surface area (Å²) in [6.07, 6.45) is -0.668. The zero-order chi connectivity index (χ0) is 31.2. The Morgan fingerprint density at radius 3 is 2.36 bits per heavy atom. The zero-order valence-electron chi connectivity index (χ0n) is 23.5. The molecule has 14 heteroatoms. The molecule has 1 aliphatic carbocycles. The molecule has 2 aliphatic heterocycles. The van der Waals surface area contributed by atoms with E-state index in [1.165, 1.54) is 12.1 Å². The first-order valence-corrected chi connectivity index (χ1v) is 14.9. The Morgan fingerprint density at radius 1 is 1.07 bits per heavy atom. The van der Waals surface area contributed by atoms with Gasteiger partial charge in [-0.1, -0.05) is 34.4 Å². The van der Waals surface area contributed by atoms with Crippen LogP contribution in [0.2, 0.25) is 10.0 Å². The molecule has 3 fully saturated rings. The van der Waals surface area contributed by atoms with Gasteiger partial charge >= 0.3 is 18.4 Å². The minimum atomic E-state index is -5.04. The zero-order valence-corrected chi connectivity index (χ0v) is 25.0. The van der Waals surface area contributed by atoms with Crippen LogP contribution >= 0.6 is 23.2 Å². The van der Waals surface area contributed by atoms with E-state index in [1.807, 2.05) is 0 Å². The van der Waals surface area contributed by atoms with Crippen LogP contribution in [0, 0.1) is 0 Å². The van der Waals surface area contributed by atoms with Gasteiger partial charge in [0.05, 0.1) is 41.1 Å². The predicted octanol–water partition coefficient (Wildman–Crippen LogP) is 7.96. The molecule has 2 bridgehead atoms. The lowest BCUT2D eigenvalue weighted by Gasteiger charge is -2.38. The molecule has 6 rings (SSSR count). The highest BCUT2D eigenvalue weighted by Gasteiger charge is 2.44. The van der Waals surface area contributed by atoms with E-state index in [0.717, 1.165) is 50.2 Å². The van der Waals surface area contributed by atoms with Gasteiger partial charge in [-0.3, -0.25) is 0 Å². The maximum Gasteiger partial charge on any atom is 0.573 e. The van der Waals surface area contributed by atoms with Crippen molar-refractivity contribution >= 4 is 40.9 Å². The first kappa shape index (κ1) is 30.5. The molecule has 3 heterocycles. The van der Waals surface area contributed by atoms with Crippen LogP contribution in [0.15, 0.2) is 40.9 Å². The Kier molecular flexibility index (Phi) is 8.42. The molecule has 3 aliphatic rings. The Bertz CT molecular complexity index is 1540. The van der Waals surface area contributed by atoms with Crippen molar-refractivity contribution in [2.24, 2.45) is 0 Å². The number of piperidine rings is 1. The molecule has 3 atom stereocenters. The maximum absolute atomic E-state index is 13.4. The quantitative estimate of drug-likeness (QED) is 0.246. The second-order valence-electron chi connectivity index (χ2n) is 11.1. The number of carbonyl (C=O) groups excluding carboxylic acids is 2. The molecule has 1 aromatic heterocycles. The summed E-state index contributed by atoms with van der Waals surface area (Å²) in [5, 5.41) is 7.76. The maximum atomic E-state index is 13.4. The number of carbonyl (C=O) groups is 2. The Hall–Kier alpha value is -3.48. The van der Waals surface area contributed by atoms with Crippen molar-refractivity contribution in [3.8, 4) is 17.0 Å². The van der Waals surface area contributed by atoms with Crippen molar-refractivity contribution in [3.05, 3.63) is 63.3 Å². The number of rotatable bonds is 8. The molecule has 2 saturated heterocycles. The SMILES string of the molecule is COC(=O)c1ccc(NC(=O)N2C3CC[C@H]2CC(OCc2c(-c4c(Cl)cccc4Cl)noc2C2CC2)C3)c(OC(F)(F)F)c1. The van der Waals surface area contributed by atoms with Gasteiger partial charge in [-0.25, -0.2) is 9.59 Å². The molecular weight excluding hydrogens is 626 g/mol. The number of ether oxygens (including phenoxy) is 3. The number of anilines is 1. The normalized spacial score (nSPS) is 21.3. The molecule has 234 valence electrons. The number of benzene rings is 2. The Labute approximate surface area is 260 Å². The number of alkyl halides is 3. The summed E-state index contributed by atoms with van der Waals surface area (Å²) in [6.45, 7) is 0.229. The smallest absolute Gasteiger partial charge is 0.465 e. The van der Waals surface area contributed by atoms with Gasteiger partial charge in [-0.15, -0.1) is 13.2 Å². The van der Waals surface area contributed by atoms with Gasteiger partial charge < -0.3 is 29.0 Å². The molecular formula is C30H28Cl2F3N3O6. The molecule has 9 nitrogen and oxygen atoms in total. The van der Waals surface area contributed by atoms with Crippen LogP contribution in [-0.4, -0.2) is 53.7 Å². The highest BCUT2D eigenvalue weighted by atomic mass is 35.5. The van der Waals surface area contributed by atoms with Crippen LogP contribution in [-0.2, 0) is 16.1 Å². The molecule has 3 aromatic rings. The number of nitrogens with one attached hydrogen (secondary N) is 1. The average molecular weight is 654 g/mol. The van der Waals surface area contributed by atoms with Crippen LogP contribution in [0.1, 0.15) is 66.1 Å². The number of halogens is 5. The van der Waals surface area contributed by atoms with E-state index in [9.17, 15) is 22.8 Å². The highest BCUT2D eigenvalue weighted by Crippen LogP contribution is 2.47. The largest absolute Gasteiger partial charge is 0.573 e. The third kappa shape index (κ3) is 6.33. The molecule has 0 radical (unpaired) electrons. The van der Waals surface area contributed by atoms with Gasteiger partial charge in [-0.05, 0) is 68.9 Å². The van der Waals surface area contributed by atoms with Gasteiger partial charge in [-0.2, -0.15) is 0 Å². The third-order valence-corrected chi connectivity index (χ3v) is 8.85. The predicted molar refractivity (Wildman–Crippen MR) is 154 cm³/mol. The minimum Gasteiger partial charge on any atom is -0.465 e. The number of amides is 2. The van der Waals surface area contributed by atoms with Gasteiger partial charge in [0.1, 0.15) is 11.5 Å². The van der Waals surface area contributed by atoms with Crippen molar-refractivity contribution < 1.29 is 41.5 Å². The highest BCUT2D eigenvalue weighted by molar-refractivity contribution is 6.39. The van der Waals surface area contributed by atoms with Crippen LogP contribution in [0.25, 0.3) is 11.3 Å². The van der Waals surface area contributed by atoms with Crippen LogP contribution in [0.5, 0.6) is 5.75 Å². The summed E-state index contributed by atoms with van der Waals surface area (Å²) in [7, 11) is 1.11. The van der Waals surface area contributed by atoms with Gasteiger partial charge in [0.25, 0.3) is 0 Å². The second kappa shape index (κ2) is 12.1. The van der Waals surface area contributed by atoms with Gasteiger partial charge in [0, 0.05) is 29.1 Å². The monoisotopic (exact) mass is 653 g/mol. The summed E-state index contributed by atoms with van der Waals surface area (Å²) >= 11 is 12.9. The first-order valence-electron chi connectivity index (χ1n) is 14.1. The number of aromatic nitrogens is 1. The van der Waals surface area contributed by atoms with Crippen molar-refractivity contribution in [1.82, 2.24) is 10.1 Å². The van der Waals surface area contributed by atoms with Crippen molar-refractivity contribution in [2.45, 2.75) is 75.6 Å². The van der Waals surface area contributed by atoms with Gasteiger partial charge in [0.2, 0.25) is 0 Å². The number of nitrogens with zero attached hydrogens (tertiary/aromatic N) is 2. The van der Waals surface area contributed by atoms with Crippen LogP contribution in [0.4, 0.5) is 23.7 Å². The van der Waals surface area contributed by atoms with Gasteiger partial charge in [0.15, 0.2) is 5.75 Å². The number of methoxy groups -OCH3 is 1. The fourth-order valence-electron chi connectivity index (χ4n) is 6.10. The minimum absolute atomic E-state index is 0.152. The molecule has 2 amide bonds. The average Bonchev–Trinajstić information content (AvgIpc) is 3.67. The first-order chi connectivity index (χ1) is 21.0. The number of fused-ring (bicyclic) bond motifs is 2. The topological polar surface area (TPSA) is 103 Å². The van der Waals surface area contributed by atoms with E-state index in [4.69, 9.17) is 32.5 Å². The molecule has 2 unspecified atom stereocenters. The number of urea groups is 1. The fraction of sp³-hybridized carbons (Fsp3) is 0.433. The van der Waals surface area contributed by atoms with E-state index in [-0.39, 0.29) is 42.0 Å². The third-order valence-electron chi connectivity index (χ3n) is 8.22. The molecule has 0 spiro atoms. The van der Waals surface area contributed by atoms with Crippen molar-refractivity contribution in [3.63, 3.8) is 0 Å². The molecule has 1 saturated carbocycles. The standard InChI is InChI=1S/C30H28Cl2F3N3O6/c1-41-28(39)16-7-10-23(24(11-16)43-30(33,34)35)36-29(40)38-17-8-9-18(38)13-19(12-17)42-14-20-26(37-44-27(20)15-5-6-15)25-21(31)3-2-4-22(25)32/h2-4,7,10-11,15,17-19H,5-6,8-9,12-14H2,1H3,(H,36,40)/t17-,18?,19?/m0/s1. The van der Waals surface area contributed by atoms with E-state index in [2.05, 4.69) is 19.9 Å². The Balaban J connectivity index is 1.15. The molecule has 2 aromatic carbocycles. The lowest BCUT2D eigenvalue weighted by Crippen LogP contribution is -2.50. The fourth-order valence-corrected chi connectivity index (χ4v) is 6.68. The van der Waals surface area contributed by atoms with Crippen LogP contribution < -0.4 is 10.1 Å². The second-order valence-corrected chi connectivity index (χ2v) is 11.9. The Morgan fingerprint density at radius 2 is 1.75 bits per heavy atom.